The van der Waals surface area contributed by atoms with Gasteiger partial charge in [-0.2, -0.15) is 5.10 Å². The number of rotatable bonds is 6. The number of carboxylic acid groups (broad SMARTS) is 1. The van der Waals surface area contributed by atoms with Crippen molar-refractivity contribution in [1.82, 2.24) is 20.0 Å². The van der Waals surface area contributed by atoms with Crippen LogP contribution in [0, 0.1) is 11.3 Å². The zero-order chi connectivity index (χ0) is 19.4. The van der Waals surface area contributed by atoms with Crippen LogP contribution in [0.3, 0.4) is 0 Å². The molecular weight excluding hydrogens is 352 g/mol. The predicted octanol–water partition coefficient (Wildman–Crippen LogP) is 2.72. The number of nitrogens with one attached hydrogen (secondary N) is 1. The van der Waals surface area contributed by atoms with Crippen LogP contribution in [0.15, 0.2) is 48.7 Å². The molecule has 0 bridgehead atoms. The number of carboxylic acids is 1. The third kappa shape index (κ3) is 4.18. The van der Waals surface area contributed by atoms with Crippen LogP contribution in [-0.2, 0) is 11.3 Å². The molecule has 6 nitrogen and oxygen atoms in total. The van der Waals surface area contributed by atoms with E-state index in [9.17, 15) is 9.90 Å². The average molecular weight is 380 g/mol. The highest BCUT2D eigenvalue weighted by molar-refractivity contribution is 5.72. The van der Waals surface area contributed by atoms with E-state index in [1.54, 1.807) is 6.20 Å². The van der Waals surface area contributed by atoms with Crippen molar-refractivity contribution in [2.75, 3.05) is 32.7 Å². The molecule has 2 aliphatic heterocycles. The standard InChI is InChI=1S/C22H28N4O2/c27-21(28)20-16-26(15-19-8-11-23-24-19)17-22(20)9-13-25(14-10-22)12-4-7-18-5-2-1-3-6-18/h1-8,11,20H,9-10,12-17H2,(H,23,24)(H,27,28). The lowest BCUT2D eigenvalue weighted by Gasteiger charge is -2.41. The third-order valence-corrected chi connectivity index (χ3v) is 6.29. The lowest BCUT2D eigenvalue weighted by atomic mass is 9.71. The summed E-state index contributed by atoms with van der Waals surface area (Å²) >= 11 is 0. The number of likely N-dealkylation sites (tertiary alicyclic amines) is 2. The van der Waals surface area contributed by atoms with Gasteiger partial charge in [0.2, 0.25) is 0 Å². The van der Waals surface area contributed by atoms with Crippen LogP contribution in [0.5, 0.6) is 0 Å². The number of hydrogen-bond acceptors (Lipinski definition) is 4. The molecule has 0 amide bonds. The van der Waals surface area contributed by atoms with Gasteiger partial charge in [-0.25, -0.2) is 0 Å². The van der Waals surface area contributed by atoms with Crippen molar-refractivity contribution in [3.05, 3.63) is 59.9 Å². The third-order valence-electron chi connectivity index (χ3n) is 6.29. The minimum Gasteiger partial charge on any atom is -0.481 e. The van der Waals surface area contributed by atoms with Crippen LogP contribution in [-0.4, -0.2) is 63.8 Å². The fourth-order valence-electron chi connectivity index (χ4n) is 4.74. The summed E-state index contributed by atoms with van der Waals surface area (Å²) in [5.41, 5.74) is 2.16. The van der Waals surface area contributed by atoms with E-state index in [1.165, 1.54) is 5.56 Å². The molecule has 2 N–H and O–H groups in total. The predicted molar refractivity (Wildman–Crippen MR) is 109 cm³/mol. The molecule has 2 fully saturated rings. The Labute approximate surface area is 165 Å². The lowest BCUT2D eigenvalue weighted by Crippen LogP contribution is -2.46. The Hall–Kier alpha value is -2.44. The summed E-state index contributed by atoms with van der Waals surface area (Å²) in [6.45, 7) is 5.07. The van der Waals surface area contributed by atoms with E-state index in [1.807, 2.05) is 24.3 Å². The molecule has 0 radical (unpaired) electrons. The topological polar surface area (TPSA) is 72.5 Å². The number of benzene rings is 1. The molecule has 0 aliphatic carbocycles. The fourth-order valence-corrected chi connectivity index (χ4v) is 4.74. The van der Waals surface area contributed by atoms with Crippen LogP contribution >= 0.6 is 0 Å². The number of carbonyl (C=O) groups is 1. The van der Waals surface area contributed by atoms with Crippen molar-refractivity contribution in [3.63, 3.8) is 0 Å². The van der Waals surface area contributed by atoms with Crippen molar-refractivity contribution >= 4 is 12.0 Å². The molecule has 148 valence electrons. The van der Waals surface area contributed by atoms with E-state index < -0.39 is 5.97 Å². The second kappa shape index (κ2) is 8.29. The van der Waals surface area contributed by atoms with Gasteiger partial charge in [0.1, 0.15) is 0 Å². The molecule has 2 aromatic rings. The van der Waals surface area contributed by atoms with Gasteiger partial charge in [0, 0.05) is 43.5 Å². The van der Waals surface area contributed by atoms with E-state index in [0.717, 1.165) is 51.3 Å². The van der Waals surface area contributed by atoms with Gasteiger partial charge in [0.05, 0.1) is 5.92 Å². The van der Waals surface area contributed by atoms with Gasteiger partial charge in [-0.3, -0.25) is 19.7 Å². The molecule has 0 saturated carbocycles. The van der Waals surface area contributed by atoms with Crippen LogP contribution < -0.4 is 0 Å². The summed E-state index contributed by atoms with van der Waals surface area (Å²) in [6.07, 6.45) is 8.01. The second-order valence-electron chi connectivity index (χ2n) is 8.12. The summed E-state index contributed by atoms with van der Waals surface area (Å²) < 4.78 is 0. The molecule has 28 heavy (non-hydrogen) atoms. The average Bonchev–Trinajstić information content (AvgIpc) is 3.33. The van der Waals surface area contributed by atoms with Gasteiger partial charge in [-0.05, 0) is 37.6 Å². The Balaban J connectivity index is 1.34. The molecule has 1 aromatic carbocycles. The van der Waals surface area contributed by atoms with Crippen molar-refractivity contribution in [3.8, 4) is 0 Å². The largest absolute Gasteiger partial charge is 0.481 e. The molecule has 4 rings (SSSR count). The van der Waals surface area contributed by atoms with E-state index in [4.69, 9.17) is 0 Å². The van der Waals surface area contributed by atoms with Crippen LogP contribution in [0.2, 0.25) is 0 Å². The van der Waals surface area contributed by atoms with Crippen LogP contribution in [0.4, 0.5) is 0 Å². The van der Waals surface area contributed by atoms with Gasteiger partial charge in [0.25, 0.3) is 0 Å². The van der Waals surface area contributed by atoms with Crippen LogP contribution in [0.25, 0.3) is 6.08 Å². The van der Waals surface area contributed by atoms with E-state index in [2.05, 4.69) is 44.3 Å². The summed E-state index contributed by atoms with van der Waals surface area (Å²) in [5, 5.41) is 16.8. The molecule has 3 heterocycles. The minimum absolute atomic E-state index is 0.106. The first-order valence-electron chi connectivity index (χ1n) is 10.0. The van der Waals surface area contributed by atoms with Crippen molar-refractivity contribution < 1.29 is 9.90 Å². The van der Waals surface area contributed by atoms with Crippen molar-refractivity contribution in [1.29, 1.82) is 0 Å². The first-order chi connectivity index (χ1) is 13.6. The summed E-state index contributed by atoms with van der Waals surface area (Å²) in [6, 6.07) is 12.3. The number of aromatic amines is 1. The maximum Gasteiger partial charge on any atom is 0.308 e. The molecule has 1 unspecified atom stereocenters. The van der Waals surface area contributed by atoms with Crippen LogP contribution in [0.1, 0.15) is 24.1 Å². The number of piperidine rings is 1. The first kappa shape index (κ1) is 18.9. The smallest absolute Gasteiger partial charge is 0.308 e. The maximum absolute atomic E-state index is 12.0. The van der Waals surface area contributed by atoms with E-state index in [0.29, 0.717) is 6.54 Å². The fraction of sp³-hybridized carbons (Fsp3) is 0.455. The number of nitrogens with zero attached hydrogens (tertiary/aromatic N) is 3. The van der Waals surface area contributed by atoms with Gasteiger partial charge in [0.15, 0.2) is 0 Å². The number of aliphatic carboxylic acids is 1. The Morgan fingerprint density at radius 2 is 2.00 bits per heavy atom. The van der Waals surface area contributed by atoms with E-state index >= 15 is 0 Å². The zero-order valence-electron chi connectivity index (χ0n) is 16.1. The highest BCUT2D eigenvalue weighted by atomic mass is 16.4. The highest BCUT2D eigenvalue weighted by Gasteiger charge is 2.51. The second-order valence-corrected chi connectivity index (χ2v) is 8.12. The Morgan fingerprint density at radius 1 is 1.21 bits per heavy atom. The number of H-pyrrole nitrogens is 1. The molecule has 1 aromatic heterocycles. The Kier molecular flexibility index (Phi) is 5.59. The Bertz CT molecular complexity index is 795. The van der Waals surface area contributed by atoms with Gasteiger partial charge in [-0.1, -0.05) is 42.5 Å². The highest BCUT2D eigenvalue weighted by Crippen LogP contribution is 2.45. The number of hydrogen-bond donors (Lipinski definition) is 2. The first-order valence-corrected chi connectivity index (χ1v) is 10.0. The molecule has 6 heteroatoms. The van der Waals surface area contributed by atoms with E-state index in [-0.39, 0.29) is 11.3 Å². The maximum atomic E-state index is 12.0. The summed E-state index contributed by atoms with van der Waals surface area (Å²) in [7, 11) is 0. The summed E-state index contributed by atoms with van der Waals surface area (Å²) in [4.78, 5) is 16.7. The number of aromatic nitrogens is 2. The molecule has 1 spiro atoms. The van der Waals surface area contributed by atoms with Gasteiger partial charge >= 0.3 is 5.97 Å². The monoisotopic (exact) mass is 380 g/mol. The molecule has 1 atom stereocenters. The SMILES string of the molecule is O=C(O)C1CN(Cc2ccn[nH]2)CC12CCN(CC=Cc1ccccc1)CC2. The van der Waals surface area contributed by atoms with Crippen molar-refractivity contribution in [2.45, 2.75) is 19.4 Å². The molecule has 2 saturated heterocycles. The van der Waals surface area contributed by atoms with Gasteiger partial charge < -0.3 is 5.11 Å². The van der Waals surface area contributed by atoms with Gasteiger partial charge in [-0.15, -0.1) is 0 Å². The lowest BCUT2D eigenvalue weighted by molar-refractivity contribution is -0.145. The molecule has 2 aliphatic rings. The van der Waals surface area contributed by atoms with Crippen molar-refractivity contribution in [2.24, 2.45) is 11.3 Å². The normalized spacial score (nSPS) is 22.9. The minimum atomic E-state index is -0.649. The molecular formula is C22H28N4O2. The Morgan fingerprint density at radius 3 is 2.68 bits per heavy atom. The zero-order valence-corrected chi connectivity index (χ0v) is 16.1. The quantitative estimate of drug-likeness (QED) is 0.806. The summed E-state index contributed by atoms with van der Waals surface area (Å²) in [5.74, 6) is -0.929.